The molecule has 0 bridgehead atoms. The molecule has 132 valence electrons. The molecule has 0 aromatic heterocycles. The van der Waals surface area contributed by atoms with Crippen molar-refractivity contribution in [2.75, 3.05) is 17.3 Å². The number of hydrogen-bond donors (Lipinski definition) is 4. The summed E-state index contributed by atoms with van der Waals surface area (Å²) in [6.45, 7) is 0. The van der Waals surface area contributed by atoms with Crippen molar-refractivity contribution in [1.29, 1.82) is 5.26 Å². The minimum Gasteiger partial charge on any atom is -0.480 e. The summed E-state index contributed by atoms with van der Waals surface area (Å²) in [5.74, 6) is -1.94. The van der Waals surface area contributed by atoms with Crippen LogP contribution in [-0.2, 0) is 9.59 Å². The Morgan fingerprint density at radius 3 is 2.48 bits per heavy atom. The van der Waals surface area contributed by atoms with Crippen molar-refractivity contribution in [3.05, 3.63) is 41.6 Å². The van der Waals surface area contributed by atoms with E-state index in [1.165, 1.54) is 30.1 Å². The van der Waals surface area contributed by atoms with Gasteiger partial charge in [0.25, 0.3) is 5.91 Å². The largest absolute Gasteiger partial charge is 0.480 e. The first-order chi connectivity index (χ1) is 11.9. The van der Waals surface area contributed by atoms with E-state index >= 15 is 0 Å². The van der Waals surface area contributed by atoms with E-state index in [9.17, 15) is 14.4 Å². The fourth-order valence-electron chi connectivity index (χ4n) is 1.76. The van der Waals surface area contributed by atoms with Crippen molar-refractivity contribution in [3.63, 3.8) is 0 Å². The fraction of sp³-hybridized carbons (Fsp3) is 0.250. The molecule has 0 spiro atoms. The summed E-state index contributed by atoms with van der Waals surface area (Å²) >= 11 is 1.46. The highest BCUT2D eigenvalue weighted by atomic mass is 32.2. The number of primary amides is 1. The number of benzene rings is 1. The van der Waals surface area contributed by atoms with Crippen molar-refractivity contribution in [3.8, 4) is 6.07 Å². The first-order valence-electron chi connectivity index (χ1n) is 7.18. The molecule has 0 aliphatic rings. The van der Waals surface area contributed by atoms with E-state index in [0.29, 0.717) is 17.0 Å². The fourth-order valence-corrected chi connectivity index (χ4v) is 2.24. The predicted octanol–water partition coefficient (Wildman–Crippen LogP) is 0.927. The van der Waals surface area contributed by atoms with E-state index in [0.717, 1.165) is 0 Å². The number of anilines is 1. The highest BCUT2D eigenvalue weighted by Gasteiger charge is 2.21. The number of carboxylic acid groups (broad SMARTS) is 1. The lowest BCUT2D eigenvalue weighted by Crippen LogP contribution is -2.41. The van der Waals surface area contributed by atoms with Gasteiger partial charge >= 0.3 is 5.97 Å². The SMILES string of the molecule is CSCCC(NC(=O)/C(C#N)=C\Nc1ccc(C(N)=O)cc1)C(=O)O. The van der Waals surface area contributed by atoms with Crippen molar-refractivity contribution in [2.45, 2.75) is 12.5 Å². The lowest BCUT2D eigenvalue weighted by molar-refractivity contribution is -0.141. The number of carbonyl (C=O) groups excluding carboxylic acids is 2. The lowest BCUT2D eigenvalue weighted by atomic mass is 10.2. The quantitative estimate of drug-likeness (QED) is 0.377. The third kappa shape index (κ3) is 6.56. The van der Waals surface area contributed by atoms with Crippen LogP contribution in [0.2, 0.25) is 0 Å². The molecule has 2 amide bonds. The van der Waals surface area contributed by atoms with E-state index in [4.69, 9.17) is 16.1 Å². The van der Waals surface area contributed by atoms with Crippen LogP contribution in [0.3, 0.4) is 0 Å². The van der Waals surface area contributed by atoms with Crippen LogP contribution in [-0.4, -0.2) is 40.9 Å². The molecule has 8 nitrogen and oxygen atoms in total. The number of nitrogens with two attached hydrogens (primary N) is 1. The van der Waals surface area contributed by atoms with Gasteiger partial charge in [-0.1, -0.05) is 0 Å². The second kappa shape index (κ2) is 10.00. The summed E-state index contributed by atoms with van der Waals surface area (Å²) in [4.78, 5) is 34.2. The number of carboxylic acids is 1. The molecule has 25 heavy (non-hydrogen) atoms. The number of thioether (sulfide) groups is 1. The molecule has 1 aromatic carbocycles. The van der Waals surface area contributed by atoms with Gasteiger partial charge in [-0.2, -0.15) is 17.0 Å². The maximum Gasteiger partial charge on any atom is 0.326 e. The molecule has 0 aliphatic heterocycles. The van der Waals surface area contributed by atoms with Crippen molar-refractivity contribution >= 4 is 35.2 Å². The van der Waals surface area contributed by atoms with E-state index in [-0.39, 0.29) is 12.0 Å². The van der Waals surface area contributed by atoms with Crippen molar-refractivity contribution in [2.24, 2.45) is 5.73 Å². The van der Waals surface area contributed by atoms with Crippen LogP contribution < -0.4 is 16.4 Å². The third-order valence-electron chi connectivity index (χ3n) is 3.13. The van der Waals surface area contributed by atoms with Crippen LogP contribution in [0.4, 0.5) is 5.69 Å². The number of nitrogens with one attached hydrogen (secondary N) is 2. The molecule has 9 heteroatoms. The summed E-state index contributed by atoms with van der Waals surface area (Å²) in [6.07, 6.45) is 3.25. The molecule has 0 saturated carbocycles. The molecule has 0 saturated heterocycles. The van der Waals surface area contributed by atoms with Crippen LogP contribution in [0.25, 0.3) is 0 Å². The monoisotopic (exact) mass is 362 g/mol. The van der Waals surface area contributed by atoms with E-state index in [1.54, 1.807) is 18.2 Å². The van der Waals surface area contributed by atoms with Crippen LogP contribution in [0.15, 0.2) is 36.0 Å². The average molecular weight is 362 g/mol. The van der Waals surface area contributed by atoms with Gasteiger partial charge in [-0.15, -0.1) is 0 Å². The van der Waals surface area contributed by atoms with Crippen LogP contribution in [0, 0.1) is 11.3 Å². The normalized spacial score (nSPS) is 11.9. The van der Waals surface area contributed by atoms with E-state index < -0.39 is 23.8 Å². The standard InChI is InChI=1S/C16H18N4O4S/c1-25-7-6-13(16(23)24)20-15(22)11(8-17)9-19-12-4-2-10(3-5-12)14(18)21/h2-5,9,13,19H,6-7H2,1H3,(H2,18,21)(H,20,22)(H,23,24)/b11-9-. The van der Waals surface area contributed by atoms with E-state index in [2.05, 4.69) is 10.6 Å². The summed E-state index contributed by atoms with van der Waals surface area (Å²) in [5.41, 5.74) is 5.72. The number of rotatable bonds is 9. The van der Waals surface area contributed by atoms with Gasteiger partial charge in [0.15, 0.2) is 0 Å². The molecule has 1 rings (SSSR count). The number of carbonyl (C=O) groups is 3. The Bertz CT molecular complexity index is 710. The second-order valence-corrected chi connectivity index (χ2v) is 5.89. The number of aliphatic carboxylic acids is 1. The lowest BCUT2D eigenvalue weighted by Gasteiger charge is -2.13. The Labute approximate surface area is 149 Å². The zero-order valence-corrected chi connectivity index (χ0v) is 14.3. The minimum atomic E-state index is -1.16. The highest BCUT2D eigenvalue weighted by Crippen LogP contribution is 2.10. The van der Waals surface area contributed by atoms with Gasteiger partial charge in [0.05, 0.1) is 0 Å². The van der Waals surface area contributed by atoms with Crippen LogP contribution >= 0.6 is 11.8 Å². The Morgan fingerprint density at radius 1 is 1.36 bits per heavy atom. The first kappa shape index (κ1) is 20.1. The Morgan fingerprint density at radius 2 is 2.00 bits per heavy atom. The summed E-state index contributed by atoms with van der Waals surface area (Å²) in [5, 5.41) is 23.2. The van der Waals surface area contributed by atoms with Gasteiger partial charge in [0, 0.05) is 17.5 Å². The minimum absolute atomic E-state index is 0.253. The number of hydrogen-bond acceptors (Lipinski definition) is 6. The Balaban J connectivity index is 2.77. The zero-order chi connectivity index (χ0) is 18.8. The molecule has 0 aliphatic carbocycles. The molecule has 1 unspecified atom stereocenters. The predicted molar refractivity (Wildman–Crippen MR) is 94.8 cm³/mol. The second-order valence-electron chi connectivity index (χ2n) is 4.90. The number of amides is 2. The summed E-state index contributed by atoms with van der Waals surface area (Å²) < 4.78 is 0. The molecular weight excluding hydrogens is 344 g/mol. The number of nitriles is 1. The van der Waals surface area contributed by atoms with Gasteiger partial charge in [-0.25, -0.2) is 4.79 Å². The van der Waals surface area contributed by atoms with Crippen molar-refractivity contribution in [1.82, 2.24) is 5.32 Å². The molecule has 0 fully saturated rings. The van der Waals surface area contributed by atoms with Crippen LogP contribution in [0.5, 0.6) is 0 Å². The topological polar surface area (TPSA) is 145 Å². The number of nitrogens with zero attached hydrogens (tertiary/aromatic N) is 1. The Hall–Kier alpha value is -2.99. The summed E-state index contributed by atoms with van der Waals surface area (Å²) in [6, 6.07) is 6.76. The van der Waals surface area contributed by atoms with Gasteiger partial charge in [-0.05, 0) is 42.7 Å². The molecule has 1 atom stereocenters. The smallest absolute Gasteiger partial charge is 0.326 e. The Kier molecular flexibility index (Phi) is 8.02. The van der Waals surface area contributed by atoms with Crippen molar-refractivity contribution < 1.29 is 19.5 Å². The summed E-state index contributed by atoms with van der Waals surface area (Å²) in [7, 11) is 0. The first-order valence-corrected chi connectivity index (χ1v) is 8.57. The van der Waals surface area contributed by atoms with Gasteiger partial charge in [0.1, 0.15) is 17.7 Å². The third-order valence-corrected chi connectivity index (χ3v) is 3.78. The van der Waals surface area contributed by atoms with Gasteiger partial charge in [0.2, 0.25) is 5.91 Å². The van der Waals surface area contributed by atoms with Gasteiger partial charge < -0.3 is 21.5 Å². The van der Waals surface area contributed by atoms with Gasteiger partial charge in [-0.3, -0.25) is 9.59 Å². The maximum absolute atomic E-state index is 12.0. The van der Waals surface area contributed by atoms with Crippen LogP contribution in [0.1, 0.15) is 16.8 Å². The highest BCUT2D eigenvalue weighted by molar-refractivity contribution is 7.98. The molecule has 0 radical (unpaired) electrons. The molecule has 5 N–H and O–H groups in total. The molecule has 1 aromatic rings. The van der Waals surface area contributed by atoms with E-state index in [1.807, 2.05) is 6.26 Å². The maximum atomic E-state index is 12.0. The molecular formula is C16H18N4O4S. The zero-order valence-electron chi connectivity index (χ0n) is 13.5. The molecule has 0 heterocycles. The average Bonchev–Trinajstić information content (AvgIpc) is 2.59.